The number of rotatable bonds is 6. The summed E-state index contributed by atoms with van der Waals surface area (Å²) in [5.74, 6) is 0.664. The molecule has 6 heteroatoms. The van der Waals surface area contributed by atoms with Gasteiger partial charge in [-0.25, -0.2) is 0 Å². The Morgan fingerprint density at radius 2 is 2.44 bits per heavy atom. The van der Waals surface area contributed by atoms with Crippen LogP contribution in [0.4, 0.5) is 0 Å². The Morgan fingerprint density at radius 1 is 1.50 bits per heavy atom. The summed E-state index contributed by atoms with van der Waals surface area (Å²) in [6, 6.07) is 0. The van der Waals surface area contributed by atoms with Gasteiger partial charge < -0.3 is 9.84 Å². The first-order valence-corrected chi connectivity index (χ1v) is 5.36. The normalized spacial score (nSPS) is 10.8. The van der Waals surface area contributed by atoms with Crippen molar-refractivity contribution in [1.82, 2.24) is 25.2 Å². The third kappa shape index (κ3) is 2.90. The van der Waals surface area contributed by atoms with E-state index in [1.165, 1.54) is 11.9 Å². The van der Waals surface area contributed by atoms with E-state index in [9.17, 15) is 0 Å². The zero-order valence-electron chi connectivity index (χ0n) is 9.26. The van der Waals surface area contributed by atoms with Crippen LogP contribution in [0, 0.1) is 0 Å². The van der Waals surface area contributed by atoms with E-state index >= 15 is 0 Å². The van der Waals surface area contributed by atoms with Crippen LogP contribution in [0.3, 0.4) is 0 Å². The Balaban J connectivity index is 1.68. The molecule has 0 amide bonds. The summed E-state index contributed by atoms with van der Waals surface area (Å²) in [6.07, 6.45) is 6.09. The highest BCUT2D eigenvalue weighted by Crippen LogP contribution is 1.97. The molecule has 0 aliphatic heterocycles. The van der Waals surface area contributed by atoms with Crippen LogP contribution >= 0.6 is 0 Å². The average molecular weight is 221 g/mol. The van der Waals surface area contributed by atoms with Crippen LogP contribution < -0.4 is 5.32 Å². The highest BCUT2D eigenvalue weighted by molar-refractivity contribution is 5.03. The molecular weight excluding hydrogens is 206 g/mol. The minimum absolute atomic E-state index is 0.664. The predicted molar refractivity (Wildman–Crippen MR) is 57.6 cm³/mol. The number of nitrogens with one attached hydrogen (secondary N) is 1. The van der Waals surface area contributed by atoms with Crippen LogP contribution in [0.1, 0.15) is 18.4 Å². The third-order valence-corrected chi connectivity index (χ3v) is 2.26. The first kappa shape index (κ1) is 10.8. The molecule has 2 heterocycles. The number of hydrogen-bond acceptors (Lipinski definition) is 5. The van der Waals surface area contributed by atoms with Crippen LogP contribution in [0.2, 0.25) is 0 Å². The molecule has 0 bridgehead atoms. The van der Waals surface area contributed by atoms with Gasteiger partial charge in [-0.3, -0.25) is 4.68 Å². The summed E-state index contributed by atoms with van der Waals surface area (Å²) in [4.78, 5) is 3.94. The topological polar surface area (TPSA) is 68.8 Å². The van der Waals surface area contributed by atoms with Gasteiger partial charge in [-0.1, -0.05) is 5.16 Å². The fourth-order valence-corrected chi connectivity index (χ4v) is 1.40. The standard InChI is InChI=1S/C10H15N5O/c1-2-15-7-9(6-13-15)5-11-4-3-10-12-8-14-16-10/h6-8,11H,2-5H2,1H3. The summed E-state index contributed by atoms with van der Waals surface area (Å²) in [5, 5.41) is 11.0. The van der Waals surface area contributed by atoms with E-state index in [1.807, 2.05) is 17.1 Å². The molecule has 0 saturated heterocycles. The van der Waals surface area contributed by atoms with Gasteiger partial charge in [-0.05, 0) is 6.92 Å². The van der Waals surface area contributed by atoms with Crippen molar-refractivity contribution in [2.75, 3.05) is 6.54 Å². The lowest BCUT2D eigenvalue weighted by atomic mass is 10.3. The maximum absolute atomic E-state index is 4.89. The molecule has 0 atom stereocenters. The number of aromatic nitrogens is 4. The fourth-order valence-electron chi connectivity index (χ4n) is 1.40. The number of hydrogen-bond donors (Lipinski definition) is 1. The quantitative estimate of drug-likeness (QED) is 0.724. The Kier molecular flexibility index (Phi) is 3.66. The summed E-state index contributed by atoms with van der Waals surface area (Å²) in [6.45, 7) is 4.61. The molecule has 0 aromatic carbocycles. The Morgan fingerprint density at radius 3 is 3.12 bits per heavy atom. The molecule has 0 radical (unpaired) electrons. The van der Waals surface area contributed by atoms with Crippen molar-refractivity contribution in [1.29, 1.82) is 0 Å². The molecule has 16 heavy (non-hydrogen) atoms. The van der Waals surface area contributed by atoms with Gasteiger partial charge in [0, 0.05) is 37.8 Å². The molecule has 6 nitrogen and oxygen atoms in total. The Labute approximate surface area is 93.7 Å². The highest BCUT2D eigenvalue weighted by atomic mass is 16.5. The van der Waals surface area contributed by atoms with Gasteiger partial charge in [0.15, 0.2) is 6.33 Å². The minimum atomic E-state index is 0.664. The number of nitrogens with zero attached hydrogens (tertiary/aromatic N) is 4. The van der Waals surface area contributed by atoms with Crippen molar-refractivity contribution in [3.63, 3.8) is 0 Å². The zero-order chi connectivity index (χ0) is 11.2. The molecule has 2 rings (SSSR count). The maximum Gasteiger partial charge on any atom is 0.227 e. The van der Waals surface area contributed by atoms with E-state index in [0.29, 0.717) is 5.89 Å². The lowest BCUT2D eigenvalue weighted by molar-refractivity contribution is 0.375. The van der Waals surface area contributed by atoms with Gasteiger partial charge in [0.2, 0.25) is 5.89 Å². The number of aryl methyl sites for hydroxylation is 1. The monoisotopic (exact) mass is 221 g/mol. The maximum atomic E-state index is 4.89. The molecule has 0 spiro atoms. The van der Waals surface area contributed by atoms with E-state index in [4.69, 9.17) is 4.52 Å². The Hall–Kier alpha value is -1.69. The van der Waals surface area contributed by atoms with Crippen molar-refractivity contribution in [3.05, 3.63) is 30.2 Å². The fraction of sp³-hybridized carbons (Fsp3) is 0.500. The van der Waals surface area contributed by atoms with Crippen molar-refractivity contribution < 1.29 is 4.52 Å². The van der Waals surface area contributed by atoms with Crippen molar-refractivity contribution >= 4 is 0 Å². The second kappa shape index (κ2) is 5.41. The van der Waals surface area contributed by atoms with Crippen LogP contribution in [-0.2, 0) is 19.5 Å². The van der Waals surface area contributed by atoms with E-state index < -0.39 is 0 Å². The third-order valence-electron chi connectivity index (χ3n) is 2.26. The van der Waals surface area contributed by atoms with Gasteiger partial charge >= 0.3 is 0 Å². The molecule has 86 valence electrons. The van der Waals surface area contributed by atoms with Crippen LogP contribution in [-0.4, -0.2) is 26.5 Å². The summed E-state index contributed by atoms with van der Waals surface area (Å²) in [5.41, 5.74) is 1.19. The molecule has 2 aromatic rings. The van der Waals surface area contributed by atoms with Gasteiger partial charge in [-0.15, -0.1) is 0 Å². The average Bonchev–Trinajstić information content (AvgIpc) is 2.95. The highest BCUT2D eigenvalue weighted by Gasteiger charge is 1.99. The molecule has 0 fully saturated rings. The SMILES string of the molecule is CCn1cc(CNCCc2ncno2)cn1. The Bertz CT molecular complexity index is 409. The molecule has 2 aromatic heterocycles. The van der Waals surface area contributed by atoms with Crippen LogP contribution in [0.25, 0.3) is 0 Å². The van der Waals surface area contributed by atoms with Crippen molar-refractivity contribution in [3.8, 4) is 0 Å². The van der Waals surface area contributed by atoms with Gasteiger partial charge in [0.1, 0.15) is 0 Å². The first-order valence-electron chi connectivity index (χ1n) is 5.36. The zero-order valence-corrected chi connectivity index (χ0v) is 9.26. The van der Waals surface area contributed by atoms with Gasteiger partial charge in [0.25, 0.3) is 0 Å². The van der Waals surface area contributed by atoms with E-state index in [1.54, 1.807) is 0 Å². The molecule has 0 saturated carbocycles. The van der Waals surface area contributed by atoms with Gasteiger partial charge in [-0.2, -0.15) is 10.1 Å². The summed E-state index contributed by atoms with van der Waals surface area (Å²) < 4.78 is 6.80. The smallest absolute Gasteiger partial charge is 0.227 e. The summed E-state index contributed by atoms with van der Waals surface area (Å²) >= 11 is 0. The van der Waals surface area contributed by atoms with Crippen LogP contribution in [0.5, 0.6) is 0 Å². The second-order valence-corrected chi connectivity index (χ2v) is 3.47. The minimum Gasteiger partial charge on any atom is -0.340 e. The molecular formula is C10H15N5O. The van der Waals surface area contributed by atoms with E-state index in [0.717, 1.165) is 26.1 Å². The van der Waals surface area contributed by atoms with Gasteiger partial charge in [0.05, 0.1) is 6.20 Å². The molecule has 0 aliphatic carbocycles. The molecule has 0 aliphatic rings. The van der Waals surface area contributed by atoms with E-state index in [2.05, 4.69) is 27.5 Å². The lowest BCUT2D eigenvalue weighted by Gasteiger charge is -1.99. The molecule has 0 unspecified atom stereocenters. The predicted octanol–water partition coefficient (Wildman–Crippen LogP) is 0.618. The van der Waals surface area contributed by atoms with Crippen molar-refractivity contribution in [2.24, 2.45) is 0 Å². The lowest BCUT2D eigenvalue weighted by Crippen LogP contribution is -2.16. The largest absolute Gasteiger partial charge is 0.340 e. The molecule has 1 N–H and O–H groups in total. The van der Waals surface area contributed by atoms with Crippen molar-refractivity contribution in [2.45, 2.75) is 26.4 Å². The van der Waals surface area contributed by atoms with Crippen LogP contribution in [0.15, 0.2) is 23.2 Å². The summed E-state index contributed by atoms with van der Waals surface area (Å²) in [7, 11) is 0. The first-order chi connectivity index (χ1) is 7.88. The second-order valence-electron chi connectivity index (χ2n) is 3.47. The van der Waals surface area contributed by atoms with E-state index in [-0.39, 0.29) is 0 Å².